The molecule has 8 nitrogen and oxygen atoms in total. The lowest BCUT2D eigenvalue weighted by Crippen LogP contribution is -2.27. The number of anilines is 1. The Bertz CT molecular complexity index is 1370. The van der Waals surface area contributed by atoms with Gasteiger partial charge in [0.15, 0.2) is 10.9 Å². The molecule has 184 valence electrons. The van der Waals surface area contributed by atoms with Crippen molar-refractivity contribution >= 4 is 26.5 Å². The van der Waals surface area contributed by atoms with Gasteiger partial charge in [0.25, 0.3) is 0 Å². The number of benzene rings is 2. The minimum atomic E-state index is -3.66. The van der Waals surface area contributed by atoms with Crippen LogP contribution in [0.3, 0.4) is 0 Å². The zero-order valence-electron chi connectivity index (χ0n) is 19.8. The van der Waals surface area contributed by atoms with Gasteiger partial charge >= 0.3 is 0 Å². The fraction of sp³-hybridized carbons (Fsp3) is 0.280. The van der Waals surface area contributed by atoms with Gasteiger partial charge in [-0.25, -0.2) is 18.1 Å². The van der Waals surface area contributed by atoms with Crippen LogP contribution in [0.4, 0.5) is 5.13 Å². The van der Waals surface area contributed by atoms with Crippen LogP contribution in [0, 0.1) is 6.92 Å². The molecule has 0 saturated heterocycles. The molecule has 0 saturated carbocycles. The van der Waals surface area contributed by atoms with Gasteiger partial charge in [0, 0.05) is 29.6 Å². The summed E-state index contributed by atoms with van der Waals surface area (Å²) in [6.45, 7) is 4.13. The first-order valence-corrected chi connectivity index (χ1v) is 13.6. The van der Waals surface area contributed by atoms with Gasteiger partial charge < -0.3 is 14.6 Å². The van der Waals surface area contributed by atoms with Crippen molar-refractivity contribution in [2.75, 3.05) is 19.0 Å². The molecule has 4 rings (SSSR count). The van der Waals surface area contributed by atoms with Crippen molar-refractivity contribution in [3.8, 4) is 28.5 Å². The van der Waals surface area contributed by atoms with Gasteiger partial charge in [-0.05, 0) is 38.3 Å². The summed E-state index contributed by atoms with van der Waals surface area (Å²) in [6, 6.07) is 17.0. The highest BCUT2D eigenvalue weighted by atomic mass is 32.2. The number of rotatable bonds is 11. The third kappa shape index (κ3) is 6.08. The topological polar surface area (TPSA) is 106 Å². The number of hydrogen-bond donors (Lipinski definition) is 2. The second-order valence-electron chi connectivity index (χ2n) is 8.17. The minimum Gasteiger partial charge on any atom is -0.495 e. The first-order valence-electron chi connectivity index (χ1n) is 11.2. The molecule has 2 N–H and O–H groups in total. The van der Waals surface area contributed by atoms with Gasteiger partial charge in [-0.15, -0.1) is 11.3 Å². The molecule has 2 heterocycles. The third-order valence-corrected chi connectivity index (χ3v) is 7.89. The summed E-state index contributed by atoms with van der Waals surface area (Å²) in [5.74, 6) is 1.04. The fourth-order valence-electron chi connectivity index (χ4n) is 3.69. The van der Waals surface area contributed by atoms with E-state index in [4.69, 9.17) is 9.26 Å². The van der Waals surface area contributed by atoms with E-state index in [0.29, 0.717) is 35.7 Å². The fourth-order valence-corrected chi connectivity index (χ4v) is 5.98. The molecular formula is C25H28N4O4S2. The summed E-state index contributed by atoms with van der Waals surface area (Å²) in [6.07, 6.45) is 1.44. The Morgan fingerprint density at radius 3 is 2.69 bits per heavy atom. The van der Waals surface area contributed by atoms with E-state index in [1.807, 2.05) is 48.7 Å². The number of thiazole rings is 1. The molecule has 0 aliphatic carbocycles. The van der Waals surface area contributed by atoms with Gasteiger partial charge in [-0.3, -0.25) is 0 Å². The average Bonchev–Trinajstić information content (AvgIpc) is 3.52. The minimum absolute atomic E-state index is 0.115. The Balaban J connectivity index is 1.28. The maximum absolute atomic E-state index is 12.8. The Labute approximate surface area is 209 Å². The summed E-state index contributed by atoms with van der Waals surface area (Å²) >= 11 is 1.49. The summed E-state index contributed by atoms with van der Waals surface area (Å²) in [7, 11) is -2.19. The van der Waals surface area contributed by atoms with Gasteiger partial charge in [0.2, 0.25) is 10.0 Å². The summed E-state index contributed by atoms with van der Waals surface area (Å²) < 4.78 is 38.9. The highest BCUT2D eigenvalue weighted by Gasteiger charge is 2.21. The van der Waals surface area contributed by atoms with E-state index in [0.717, 1.165) is 22.8 Å². The number of aromatic nitrogens is 2. The van der Waals surface area contributed by atoms with E-state index in [-0.39, 0.29) is 10.9 Å². The maximum Gasteiger partial charge on any atom is 0.244 e. The van der Waals surface area contributed by atoms with Crippen molar-refractivity contribution in [2.24, 2.45) is 0 Å². The van der Waals surface area contributed by atoms with Gasteiger partial charge in [0.05, 0.1) is 7.11 Å². The highest BCUT2D eigenvalue weighted by Crippen LogP contribution is 2.29. The van der Waals surface area contributed by atoms with Gasteiger partial charge in [0.1, 0.15) is 22.0 Å². The number of sulfonamides is 1. The Morgan fingerprint density at radius 2 is 1.91 bits per heavy atom. The van der Waals surface area contributed by atoms with Crippen LogP contribution in [0.25, 0.3) is 22.7 Å². The summed E-state index contributed by atoms with van der Waals surface area (Å²) in [4.78, 5) is 4.81. The van der Waals surface area contributed by atoms with Crippen LogP contribution in [0.1, 0.15) is 25.3 Å². The molecule has 1 atom stereocenters. The molecule has 1 unspecified atom stereocenters. The Morgan fingerprint density at radius 1 is 1.11 bits per heavy atom. The largest absolute Gasteiger partial charge is 0.495 e. The molecule has 0 aliphatic heterocycles. The molecule has 10 heteroatoms. The number of methoxy groups -OCH3 is 1. The molecule has 2 aromatic heterocycles. The van der Waals surface area contributed by atoms with Crippen molar-refractivity contribution in [1.82, 2.24) is 14.9 Å². The number of ether oxygens (including phenoxy) is 1. The van der Waals surface area contributed by atoms with E-state index in [2.05, 4.69) is 20.2 Å². The van der Waals surface area contributed by atoms with Crippen molar-refractivity contribution in [3.05, 3.63) is 65.5 Å². The zero-order chi connectivity index (χ0) is 24.8. The number of hydrogen-bond acceptors (Lipinski definition) is 8. The third-order valence-electron chi connectivity index (χ3n) is 5.48. The predicted octanol–water partition coefficient (Wildman–Crippen LogP) is 5.34. The molecule has 0 fully saturated rings. The monoisotopic (exact) mass is 512 g/mol. The van der Waals surface area contributed by atoms with Crippen molar-refractivity contribution < 1.29 is 17.7 Å². The standard InChI is InChI=1S/C25H28N4O4S2/c1-17-9-7-13-22(32-3)24(17)35(30,31)26-14-8-10-18(2)27-25-28-21(16-34-25)20-15-23(33-29-20)19-11-5-4-6-12-19/h4-7,9,11-13,15-16,18,26H,8,10,14H2,1-3H3,(H,27,28). The first-order chi connectivity index (χ1) is 16.9. The molecule has 0 amide bonds. The smallest absolute Gasteiger partial charge is 0.244 e. The average molecular weight is 513 g/mol. The van der Waals surface area contributed by atoms with E-state index in [9.17, 15) is 8.42 Å². The highest BCUT2D eigenvalue weighted by molar-refractivity contribution is 7.89. The van der Waals surface area contributed by atoms with E-state index in [1.54, 1.807) is 25.1 Å². The molecular weight excluding hydrogens is 484 g/mol. The van der Waals surface area contributed by atoms with Crippen LogP contribution >= 0.6 is 11.3 Å². The van der Waals surface area contributed by atoms with Crippen LogP contribution in [0.5, 0.6) is 5.75 Å². The van der Waals surface area contributed by atoms with Gasteiger partial charge in [-0.2, -0.15) is 0 Å². The maximum atomic E-state index is 12.8. The molecule has 35 heavy (non-hydrogen) atoms. The van der Waals surface area contributed by atoms with Crippen molar-refractivity contribution in [3.63, 3.8) is 0 Å². The Kier molecular flexibility index (Phi) is 7.84. The first kappa shape index (κ1) is 24.9. The van der Waals surface area contributed by atoms with Crippen LogP contribution in [0.15, 0.2) is 69.4 Å². The van der Waals surface area contributed by atoms with Gasteiger partial charge in [-0.1, -0.05) is 47.6 Å². The molecule has 0 bridgehead atoms. The predicted molar refractivity (Wildman–Crippen MR) is 138 cm³/mol. The molecule has 0 spiro atoms. The van der Waals surface area contributed by atoms with Crippen molar-refractivity contribution in [1.29, 1.82) is 0 Å². The SMILES string of the molecule is COc1cccc(C)c1S(=O)(=O)NCCCC(C)Nc1nc(-c2cc(-c3ccccc3)on2)cs1. The van der Waals surface area contributed by atoms with Crippen LogP contribution < -0.4 is 14.8 Å². The number of aryl methyl sites for hydroxylation is 1. The molecule has 0 aliphatic rings. The normalized spacial score (nSPS) is 12.4. The molecule has 4 aromatic rings. The lowest BCUT2D eigenvalue weighted by molar-refractivity contribution is 0.401. The second-order valence-corrected chi connectivity index (χ2v) is 10.7. The molecule has 0 radical (unpaired) electrons. The lowest BCUT2D eigenvalue weighted by atomic mass is 10.1. The van der Waals surface area contributed by atoms with E-state index >= 15 is 0 Å². The van der Waals surface area contributed by atoms with E-state index < -0.39 is 10.0 Å². The van der Waals surface area contributed by atoms with E-state index in [1.165, 1.54) is 18.4 Å². The van der Waals surface area contributed by atoms with Crippen molar-refractivity contribution in [2.45, 2.75) is 37.6 Å². The quantitative estimate of drug-likeness (QED) is 0.261. The molecule has 2 aromatic carbocycles. The second kappa shape index (κ2) is 11.0. The van der Waals surface area contributed by atoms with Crippen LogP contribution in [-0.4, -0.2) is 38.3 Å². The summed E-state index contributed by atoms with van der Waals surface area (Å²) in [5, 5.41) is 10.2. The zero-order valence-corrected chi connectivity index (χ0v) is 21.4. The number of nitrogens with one attached hydrogen (secondary N) is 2. The van der Waals surface area contributed by atoms with Crippen LogP contribution in [-0.2, 0) is 10.0 Å². The summed E-state index contributed by atoms with van der Waals surface area (Å²) in [5.41, 5.74) is 3.04. The Hall–Kier alpha value is -3.21. The number of nitrogens with zero attached hydrogens (tertiary/aromatic N) is 2. The van der Waals surface area contributed by atoms with Crippen LogP contribution in [0.2, 0.25) is 0 Å². The lowest BCUT2D eigenvalue weighted by Gasteiger charge is -2.15.